The summed E-state index contributed by atoms with van der Waals surface area (Å²) in [5, 5.41) is 2.71. The molecule has 0 aliphatic carbocycles. The number of hydrogen-bond donors (Lipinski definition) is 2. The zero-order chi connectivity index (χ0) is 19.2. The smallest absolute Gasteiger partial charge is 0.265 e. The number of nitrogens with one attached hydrogen (secondary N) is 2. The Morgan fingerprint density at radius 1 is 1.04 bits per heavy atom. The minimum absolute atomic E-state index is 0.143. The van der Waals surface area contributed by atoms with Gasteiger partial charge >= 0.3 is 0 Å². The summed E-state index contributed by atoms with van der Waals surface area (Å²) in [4.78, 5) is 12.4. The highest BCUT2D eigenvalue weighted by Crippen LogP contribution is 2.16. The molecule has 2 rings (SSSR count). The molecule has 0 aromatic heterocycles. The van der Waals surface area contributed by atoms with E-state index in [1.54, 1.807) is 38.1 Å². The van der Waals surface area contributed by atoms with Crippen LogP contribution >= 0.6 is 0 Å². The van der Waals surface area contributed by atoms with E-state index in [0.29, 0.717) is 17.9 Å². The van der Waals surface area contributed by atoms with Gasteiger partial charge < -0.3 is 10.1 Å². The molecule has 0 saturated heterocycles. The Kier molecular flexibility index (Phi) is 6.76. The highest BCUT2D eigenvalue weighted by atomic mass is 32.2. The molecule has 140 valence electrons. The van der Waals surface area contributed by atoms with E-state index in [1.165, 1.54) is 12.1 Å². The van der Waals surface area contributed by atoms with Gasteiger partial charge in [0.25, 0.3) is 5.91 Å². The lowest BCUT2D eigenvalue weighted by atomic mass is 10.3. The summed E-state index contributed by atoms with van der Waals surface area (Å²) in [6, 6.07) is 14.9. The maximum atomic E-state index is 12.2. The van der Waals surface area contributed by atoms with Crippen LogP contribution in [0, 0.1) is 0 Å². The fraction of sp³-hybridized carbons (Fsp3) is 0.316. The van der Waals surface area contributed by atoms with Crippen LogP contribution in [-0.2, 0) is 14.8 Å². The second kappa shape index (κ2) is 8.82. The molecule has 0 aliphatic rings. The van der Waals surface area contributed by atoms with E-state index in [9.17, 15) is 13.2 Å². The predicted molar refractivity (Wildman–Crippen MR) is 102 cm³/mol. The molecule has 6 nitrogen and oxygen atoms in total. The van der Waals surface area contributed by atoms with Crippen LogP contribution in [0.25, 0.3) is 0 Å². The highest BCUT2D eigenvalue weighted by molar-refractivity contribution is 7.89. The molecule has 2 aromatic rings. The minimum atomic E-state index is -3.56. The highest BCUT2D eigenvalue weighted by Gasteiger charge is 2.18. The van der Waals surface area contributed by atoms with Gasteiger partial charge in [-0.2, -0.15) is 0 Å². The van der Waals surface area contributed by atoms with E-state index in [2.05, 4.69) is 10.0 Å². The molecule has 1 amide bonds. The van der Waals surface area contributed by atoms with Crippen molar-refractivity contribution in [1.29, 1.82) is 0 Å². The Morgan fingerprint density at radius 3 is 2.23 bits per heavy atom. The Bertz CT molecular complexity index is 820. The van der Waals surface area contributed by atoms with Crippen molar-refractivity contribution in [2.24, 2.45) is 0 Å². The minimum Gasteiger partial charge on any atom is -0.481 e. The van der Waals surface area contributed by atoms with Gasteiger partial charge in [-0.25, -0.2) is 13.1 Å². The molecule has 7 heteroatoms. The van der Waals surface area contributed by atoms with E-state index in [-0.39, 0.29) is 16.8 Å². The first-order valence-corrected chi connectivity index (χ1v) is 9.95. The van der Waals surface area contributed by atoms with E-state index in [0.717, 1.165) is 0 Å². The summed E-state index contributed by atoms with van der Waals surface area (Å²) in [5.41, 5.74) is 0.501. The lowest BCUT2D eigenvalue weighted by Gasteiger charge is -2.15. The van der Waals surface area contributed by atoms with E-state index < -0.39 is 16.1 Å². The number of carbonyl (C=O) groups excluding carboxylic acids is 1. The van der Waals surface area contributed by atoms with E-state index in [1.807, 2.05) is 25.1 Å². The maximum absolute atomic E-state index is 12.2. The van der Waals surface area contributed by atoms with Gasteiger partial charge in [0.05, 0.1) is 4.90 Å². The van der Waals surface area contributed by atoms with Crippen molar-refractivity contribution in [2.75, 3.05) is 5.32 Å². The number of benzene rings is 2. The van der Waals surface area contributed by atoms with Crippen LogP contribution in [0.4, 0.5) is 5.69 Å². The predicted octanol–water partition coefficient (Wildman–Crippen LogP) is 3.17. The number of carbonyl (C=O) groups is 1. The maximum Gasteiger partial charge on any atom is 0.265 e. The SMILES string of the molecule is CC[C@H](C)NS(=O)(=O)c1ccc(NC(=O)[C@H](C)Oc2ccccc2)cc1. The van der Waals surface area contributed by atoms with Crippen molar-refractivity contribution in [3.8, 4) is 5.75 Å². The van der Waals surface area contributed by atoms with Crippen molar-refractivity contribution in [3.05, 3.63) is 54.6 Å². The average Bonchev–Trinajstić information content (AvgIpc) is 2.62. The van der Waals surface area contributed by atoms with E-state index in [4.69, 9.17) is 4.74 Å². The summed E-state index contributed by atoms with van der Waals surface area (Å²) in [7, 11) is -3.56. The number of rotatable bonds is 8. The Morgan fingerprint density at radius 2 is 1.65 bits per heavy atom. The Balaban J connectivity index is 1.99. The average molecular weight is 376 g/mol. The molecule has 0 spiro atoms. The molecule has 2 atom stereocenters. The first kappa shape index (κ1) is 19.9. The molecule has 0 bridgehead atoms. The fourth-order valence-corrected chi connectivity index (χ4v) is 3.46. The molecular formula is C19H24N2O4S. The number of para-hydroxylation sites is 1. The van der Waals surface area contributed by atoms with Crippen LogP contribution in [0.5, 0.6) is 5.75 Å². The third-order valence-electron chi connectivity index (χ3n) is 3.83. The van der Waals surface area contributed by atoms with Crippen LogP contribution in [0.2, 0.25) is 0 Å². The molecular weight excluding hydrogens is 352 g/mol. The van der Waals surface area contributed by atoms with Gasteiger partial charge in [-0.15, -0.1) is 0 Å². The summed E-state index contributed by atoms with van der Waals surface area (Å²) >= 11 is 0. The number of hydrogen-bond acceptors (Lipinski definition) is 4. The standard InChI is InChI=1S/C19H24N2O4S/c1-4-14(2)21-26(23,24)18-12-10-16(11-13-18)20-19(22)15(3)25-17-8-6-5-7-9-17/h5-15,21H,4H2,1-3H3,(H,20,22)/t14-,15-/m0/s1. The number of anilines is 1. The zero-order valence-electron chi connectivity index (χ0n) is 15.1. The topological polar surface area (TPSA) is 84.5 Å². The van der Waals surface area contributed by atoms with Crippen molar-refractivity contribution in [2.45, 2.75) is 44.2 Å². The van der Waals surface area contributed by atoms with Crippen molar-refractivity contribution in [1.82, 2.24) is 4.72 Å². The molecule has 0 radical (unpaired) electrons. The summed E-state index contributed by atoms with van der Waals surface area (Å²) < 4.78 is 32.6. The van der Waals surface area contributed by atoms with Crippen LogP contribution in [0.15, 0.2) is 59.5 Å². The van der Waals surface area contributed by atoms with Crippen LogP contribution in [0.3, 0.4) is 0 Å². The Hall–Kier alpha value is -2.38. The second-order valence-corrected chi connectivity index (χ2v) is 7.73. The van der Waals surface area contributed by atoms with Gasteiger partial charge in [0, 0.05) is 11.7 Å². The zero-order valence-corrected chi connectivity index (χ0v) is 15.9. The normalized spacial score (nSPS) is 13.7. The third kappa shape index (κ3) is 5.57. The van der Waals surface area contributed by atoms with Gasteiger partial charge in [-0.1, -0.05) is 25.1 Å². The summed E-state index contributed by atoms with van der Waals surface area (Å²) in [5.74, 6) is 0.287. The van der Waals surface area contributed by atoms with Crippen LogP contribution in [-0.4, -0.2) is 26.5 Å². The molecule has 0 saturated carbocycles. The largest absolute Gasteiger partial charge is 0.481 e. The van der Waals surface area contributed by atoms with Gasteiger partial charge in [0.1, 0.15) is 5.75 Å². The van der Waals surface area contributed by atoms with Gasteiger partial charge in [-0.05, 0) is 56.7 Å². The van der Waals surface area contributed by atoms with Gasteiger partial charge in [-0.3, -0.25) is 4.79 Å². The molecule has 0 fully saturated rings. The van der Waals surface area contributed by atoms with Crippen LogP contribution < -0.4 is 14.8 Å². The molecule has 0 heterocycles. The van der Waals surface area contributed by atoms with Crippen LogP contribution in [0.1, 0.15) is 27.2 Å². The lowest BCUT2D eigenvalue weighted by molar-refractivity contribution is -0.122. The van der Waals surface area contributed by atoms with Crippen molar-refractivity contribution in [3.63, 3.8) is 0 Å². The van der Waals surface area contributed by atoms with Gasteiger partial charge in [0.2, 0.25) is 10.0 Å². The second-order valence-electron chi connectivity index (χ2n) is 6.02. The molecule has 0 unspecified atom stereocenters. The number of ether oxygens (including phenoxy) is 1. The number of sulfonamides is 1. The first-order chi connectivity index (χ1) is 12.3. The summed E-state index contributed by atoms with van der Waals surface area (Å²) in [6.07, 6.45) is 0.0139. The first-order valence-electron chi connectivity index (χ1n) is 8.46. The van der Waals surface area contributed by atoms with Crippen molar-refractivity contribution >= 4 is 21.6 Å². The molecule has 26 heavy (non-hydrogen) atoms. The monoisotopic (exact) mass is 376 g/mol. The molecule has 2 aromatic carbocycles. The Labute approximate surface area is 154 Å². The van der Waals surface area contributed by atoms with Crippen molar-refractivity contribution < 1.29 is 17.9 Å². The molecule has 2 N–H and O–H groups in total. The lowest BCUT2D eigenvalue weighted by Crippen LogP contribution is -2.32. The summed E-state index contributed by atoms with van der Waals surface area (Å²) in [6.45, 7) is 5.36. The fourth-order valence-electron chi connectivity index (χ4n) is 2.13. The third-order valence-corrected chi connectivity index (χ3v) is 5.43. The molecule has 0 aliphatic heterocycles. The van der Waals surface area contributed by atoms with Gasteiger partial charge in [0.15, 0.2) is 6.10 Å². The number of amides is 1. The van der Waals surface area contributed by atoms with E-state index >= 15 is 0 Å². The quantitative estimate of drug-likeness (QED) is 0.741.